The first-order valence-corrected chi connectivity index (χ1v) is 13.1. The Balaban J connectivity index is 1.53. The summed E-state index contributed by atoms with van der Waals surface area (Å²) in [5, 5.41) is 23.5. The molecule has 192 valence electrons. The van der Waals surface area contributed by atoms with Crippen molar-refractivity contribution in [2.75, 3.05) is 10.6 Å². The van der Waals surface area contributed by atoms with Gasteiger partial charge in [-0.25, -0.2) is 4.68 Å². The number of carbonyl (C=O) groups is 1. The predicted octanol–water partition coefficient (Wildman–Crippen LogP) is 6.37. The molecule has 1 unspecified atom stereocenters. The monoisotopic (exact) mass is 546 g/mol. The maximum Gasteiger partial charge on any atom is 0.269 e. The largest absolute Gasteiger partial charge is 0.328 e. The van der Waals surface area contributed by atoms with Crippen molar-refractivity contribution < 1.29 is 9.72 Å². The van der Waals surface area contributed by atoms with Gasteiger partial charge in [-0.2, -0.15) is 4.98 Å². The van der Waals surface area contributed by atoms with Crippen LogP contribution in [0.5, 0.6) is 0 Å². The fraction of sp³-hybridized carbons (Fsp3) is 0.148. The minimum atomic E-state index is -0.738. The number of carbonyl (C=O) groups excluding carboxylic acids is 1. The molecular formula is C27H23ClN6O3S. The van der Waals surface area contributed by atoms with Gasteiger partial charge in [0.25, 0.3) is 11.6 Å². The summed E-state index contributed by atoms with van der Waals surface area (Å²) in [6.07, 6.45) is 0. The van der Waals surface area contributed by atoms with Crippen molar-refractivity contribution in [1.29, 1.82) is 0 Å². The Morgan fingerprint density at radius 3 is 2.68 bits per heavy atom. The fourth-order valence-corrected chi connectivity index (χ4v) is 5.40. The minimum Gasteiger partial charge on any atom is -0.328 e. The van der Waals surface area contributed by atoms with E-state index < -0.39 is 11.0 Å². The molecule has 2 heterocycles. The van der Waals surface area contributed by atoms with Crippen molar-refractivity contribution in [2.24, 2.45) is 0 Å². The van der Waals surface area contributed by atoms with Gasteiger partial charge in [-0.15, -0.1) is 5.10 Å². The lowest BCUT2D eigenvalue weighted by molar-refractivity contribution is -0.384. The van der Waals surface area contributed by atoms with E-state index in [4.69, 9.17) is 16.7 Å². The summed E-state index contributed by atoms with van der Waals surface area (Å²) in [6, 6.07) is 20.5. The van der Waals surface area contributed by atoms with Crippen molar-refractivity contribution in [1.82, 2.24) is 14.8 Å². The zero-order chi connectivity index (χ0) is 26.8. The van der Waals surface area contributed by atoms with Gasteiger partial charge in [-0.3, -0.25) is 14.9 Å². The molecule has 0 fully saturated rings. The lowest BCUT2D eigenvalue weighted by Gasteiger charge is -2.28. The van der Waals surface area contributed by atoms with Crippen molar-refractivity contribution in [3.05, 3.63) is 116 Å². The van der Waals surface area contributed by atoms with Gasteiger partial charge in [0, 0.05) is 34.3 Å². The third-order valence-corrected chi connectivity index (χ3v) is 7.32. The van der Waals surface area contributed by atoms with Gasteiger partial charge >= 0.3 is 0 Å². The van der Waals surface area contributed by atoms with E-state index in [1.54, 1.807) is 23.7 Å². The van der Waals surface area contributed by atoms with Gasteiger partial charge < -0.3 is 10.6 Å². The number of hydrogen-bond donors (Lipinski definition) is 2. The molecule has 1 aliphatic rings. The van der Waals surface area contributed by atoms with E-state index in [1.165, 1.54) is 23.9 Å². The van der Waals surface area contributed by atoms with E-state index in [1.807, 2.05) is 55.5 Å². The number of hydrogen-bond acceptors (Lipinski definition) is 7. The molecule has 0 saturated heterocycles. The number of rotatable bonds is 7. The molecule has 0 aliphatic carbocycles. The Morgan fingerprint density at radius 2 is 1.92 bits per heavy atom. The lowest BCUT2D eigenvalue weighted by Crippen LogP contribution is -2.31. The molecule has 4 aromatic rings. The Morgan fingerprint density at radius 1 is 1.13 bits per heavy atom. The molecule has 0 radical (unpaired) electrons. The number of nitrogens with zero attached hydrogens (tertiary/aromatic N) is 4. The van der Waals surface area contributed by atoms with E-state index in [9.17, 15) is 14.9 Å². The van der Waals surface area contributed by atoms with Gasteiger partial charge in [0.2, 0.25) is 11.1 Å². The number of anilines is 2. The summed E-state index contributed by atoms with van der Waals surface area (Å²) in [5.41, 5.74) is 4.03. The van der Waals surface area contributed by atoms with Gasteiger partial charge in [-0.05, 0) is 48.7 Å². The smallest absolute Gasteiger partial charge is 0.269 e. The van der Waals surface area contributed by atoms with Gasteiger partial charge in [0.05, 0.1) is 10.5 Å². The third-order valence-electron chi connectivity index (χ3n) is 6.07. The normalized spacial score (nSPS) is 14.6. The van der Waals surface area contributed by atoms with E-state index in [0.717, 1.165) is 11.1 Å². The van der Waals surface area contributed by atoms with E-state index in [2.05, 4.69) is 15.6 Å². The third kappa shape index (κ3) is 5.27. The van der Waals surface area contributed by atoms with Crippen LogP contribution in [0.15, 0.2) is 89.2 Å². The van der Waals surface area contributed by atoms with Crippen LogP contribution in [0, 0.1) is 17.0 Å². The summed E-state index contributed by atoms with van der Waals surface area (Å²) in [6.45, 7) is 3.72. The number of nitro benzene ring substituents is 1. The molecule has 9 nitrogen and oxygen atoms in total. The summed E-state index contributed by atoms with van der Waals surface area (Å²) < 4.78 is 1.60. The first-order chi connectivity index (χ1) is 18.3. The molecule has 11 heteroatoms. The van der Waals surface area contributed by atoms with Crippen LogP contribution in [-0.2, 0) is 10.5 Å². The summed E-state index contributed by atoms with van der Waals surface area (Å²) in [5.74, 6) is 0.647. The number of aromatic nitrogens is 3. The van der Waals surface area contributed by atoms with E-state index in [0.29, 0.717) is 44.4 Å². The van der Waals surface area contributed by atoms with Crippen LogP contribution < -0.4 is 10.6 Å². The number of amides is 1. The topological polar surface area (TPSA) is 115 Å². The van der Waals surface area contributed by atoms with Crippen LogP contribution in [0.1, 0.15) is 29.7 Å². The van der Waals surface area contributed by atoms with Crippen molar-refractivity contribution in [2.45, 2.75) is 30.8 Å². The highest BCUT2D eigenvalue weighted by Gasteiger charge is 2.35. The molecule has 0 bridgehead atoms. The molecule has 1 aliphatic heterocycles. The number of benzene rings is 3. The zero-order valence-corrected chi connectivity index (χ0v) is 22.1. The highest BCUT2D eigenvalue weighted by molar-refractivity contribution is 7.98. The number of fused-ring (bicyclic) bond motifs is 1. The van der Waals surface area contributed by atoms with Crippen LogP contribution in [0.25, 0.3) is 0 Å². The highest BCUT2D eigenvalue weighted by atomic mass is 35.5. The fourth-order valence-electron chi connectivity index (χ4n) is 4.28. The van der Waals surface area contributed by atoms with Crippen LogP contribution >= 0.6 is 23.4 Å². The number of thioether (sulfide) groups is 1. The quantitative estimate of drug-likeness (QED) is 0.157. The molecule has 1 atom stereocenters. The average molecular weight is 547 g/mol. The Kier molecular flexibility index (Phi) is 7.17. The van der Waals surface area contributed by atoms with Crippen LogP contribution in [0.4, 0.5) is 17.3 Å². The number of halogens is 1. The molecule has 0 saturated carbocycles. The van der Waals surface area contributed by atoms with E-state index in [-0.39, 0.29) is 11.6 Å². The summed E-state index contributed by atoms with van der Waals surface area (Å²) in [4.78, 5) is 29.3. The van der Waals surface area contributed by atoms with Crippen LogP contribution in [0.2, 0.25) is 5.02 Å². The first-order valence-electron chi connectivity index (χ1n) is 11.7. The van der Waals surface area contributed by atoms with E-state index >= 15 is 0 Å². The molecule has 3 aromatic carbocycles. The second-order valence-corrected chi connectivity index (χ2v) is 10.1. The molecule has 0 spiro atoms. The molecule has 2 N–H and O–H groups in total. The molecule has 5 rings (SSSR count). The second kappa shape index (κ2) is 10.7. The number of non-ortho nitro benzene ring substituents is 1. The van der Waals surface area contributed by atoms with Crippen molar-refractivity contribution in [3.8, 4) is 0 Å². The highest BCUT2D eigenvalue weighted by Crippen LogP contribution is 2.38. The number of allylic oxidation sites excluding steroid dienone is 1. The van der Waals surface area contributed by atoms with Crippen LogP contribution in [0.3, 0.4) is 0 Å². The predicted molar refractivity (Wildman–Crippen MR) is 148 cm³/mol. The number of nitro groups is 1. The maximum absolute atomic E-state index is 13.6. The summed E-state index contributed by atoms with van der Waals surface area (Å²) >= 11 is 7.71. The summed E-state index contributed by atoms with van der Waals surface area (Å²) in [7, 11) is 0. The van der Waals surface area contributed by atoms with Gasteiger partial charge in [-0.1, -0.05) is 65.8 Å². The SMILES string of the molecule is CC1=C(C(=O)Nc2cccc(C)c2)C(c2cccc([N+](=O)[O-])c2)n2nc(SCc3ccccc3Cl)nc2N1. The lowest BCUT2D eigenvalue weighted by atomic mass is 9.94. The number of nitrogens with one attached hydrogen (secondary N) is 2. The standard InChI is InChI=1S/C27H23ClN6O3S/c1-16-7-5-10-20(13-16)30-25(35)23-17(2)29-26-31-27(38-15-19-8-3-4-12-22(19)28)32-33(26)24(23)18-9-6-11-21(14-18)34(36)37/h3-14,24H,15H2,1-2H3,(H,30,35)(H,29,31,32). The van der Waals surface area contributed by atoms with Gasteiger partial charge in [0.15, 0.2) is 0 Å². The Bertz CT molecular complexity index is 1580. The molecule has 1 amide bonds. The first kappa shape index (κ1) is 25.5. The number of aryl methyl sites for hydroxylation is 1. The second-order valence-electron chi connectivity index (χ2n) is 8.78. The zero-order valence-electron chi connectivity index (χ0n) is 20.5. The van der Waals surface area contributed by atoms with Crippen LogP contribution in [-0.4, -0.2) is 25.6 Å². The average Bonchev–Trinajstić information content (AvgIpc) is 3.29. The van der Waals surface area contributed by atoms with Crippen molar-refractivity contribution in [3.63, 3.8) is 0 Å². The maximum atomic E-state index is 13.6. The Hall–Kier alpha value is -4.15. The molecule has 1 aromatic heterocycles. The van der Waals surface area contributed by atoms with Gasteiger partial charge in [0.1, 0.15) is 6.04 Å². The molecular weight excluding hydrogens is 524 g/mol. The Labute approximate surface area is 228 Å². The molecule has 38 heavy (non-hydrogen) atoms. The van der Waals surface area contributed by atoms with Crippen molar-refractivity contribution >= 4 is 46.6 Å². The minimum absolute atomic E-state index is 0.0767.